The van der Waals surface area contributed by atoms with E-state index in [0.717, 1.165) is 10.9 Å². The number of benzene rings is 2. The number of non-ortho nitro benzene ring substituents is 1. The van der Waals surface area contributed by atoms with Crippen LogP contribution in [-0.2, 0) is 11.3 Å². The highest BCUT2D eigenvalue weighted by molar-refractivity contribution is 9.10. The van der Waals surface area contributed by atoms with Gasteiger partial charge in [-0.3, -0.25) is 24.3 Å². The minimum atomic E-state index is -0.502. The second kappa shape index (κ2) is 9.19. The highest BCUT2D eigenvalue weighted by atomic mass is 79.9. The molecule has 0 unspecified atom stereocenters. The number of nitrogens with one attached hydrogen (secondary N) is 1. The monoisotopic (exact) mass is 476 g/mol. The largest absolute Gasteiger partial charge is 0.325 e. The lowest BCUT2D eigenvalue weighted by Gasteiger charge is -2.12. The molecule has 0 aliphatic rings. The Labute approximate surface area is 178 Å². The molecule has 3 rings (SSSR count). The van der Waals surface area contributed by atoms with Crippen LogP contribution in [0.25, 0.3) is 10.9 Å². The van der Waals surface area contributed by atoms with Crippen molar-refractivity contribution in [1.29, 1.82) is 0 Å². The second-order valence-corrected chi connectivity index (χ2v) is 8.01. The lowest BCUT2D eigenvalue weighted by Crippen LogP contribution is -2.24. The number of rotatable bonds is 7. The van der Waals surface area contributed by atoms with Crippen molar-refractivity contribution >= 4 is 55.9 Å². The van der Waals surface area contributed by atoms with Gasteiger partial charge in [0, 0.05) is 28.8 Å². The zero-order valence-electron chi connectivity index (χ0n) is 15.4. The van der Waals surface area contributed by atoms with Gasteiger partial charge in [-0.05, 0) is 36.8 Å². The van der Waals surface area contributed by atoms with Crippen LogP contribution in [0.3, 0.4) is 0 Å². The molecule has 0 aliphatic carbocycles. The number of halogens is 1. The summed E-state index contributed by atoms with van der Waals surface area (Å²) in [5, 5.41) is 14.4. The number of carbonyl (C=O) groups excluding carboxylic acids is 1. The molecule has 1 aromatic heterocycles. The molecule has 3 aromatic rings. The van der Waals surface area contributed by atoms with E-state index in [1.807, 2.05) is 13.0 Å². The van der Waals surface area contributed by atoms with Crippen LogP contribution in [0.1, 0.15) is 13.3 Å². The van der Waals surface area contributed by atoms with E-state index in [0.29, 0.717) is 28.3 Å². The Morgan fingerprint density at radius 3 is 2.66 bits per heavy atom. The van der Waals surface area contributed by atoms with Gasteiger partial charge in [0.1, 0.15) is 0 Å². The van der Waals surface area contributed by atoms with Crippen LogP contribution >= 0.6 is 27.7 Å². The predicted octanol–water partition coefficient (Wildman–Crippen LogP) is 4.21. The molecular weight excluding hydrogens is 460 g/mol. The molecule has 2 aromatic carbocycles. The van der Waals surface area contributed by atoms with Gasteiger partial charge in [-0.1, -0.05) is 34.6 Å². The van der Waals surface area contributed by atoms with Crippen molar-refractivity contribution in [2.75, 3.05) is 11.1 Å². The van der Waals surface area contributed by atoms with Crippen molar-refractivity contribution < 1.29 is 9.72 Å². The van der Waals surface area contributed by atoms with Crippen LogP contribution in [0.5, 0.6) is 0 Å². The van der Waals surface area contributed by atoms with E-state index in [1.165, 1.54) is 36.0 Å². The molecule has 0 atom stereocenters. The number of nitro benzene ring substituents is 1. The molecule has 1 amide bonds. The van der Waals surface area contributed by atoms with Crippen LogP contribution in [0.4, 0.5) is 11.4 Å². The van der Waals surface area contributed by atoms with Crippen LogP contribution in [0.15, 0.2) is 56.9 Å². The van der Waals surface area contributed by atoms with Crippen molar-refractivity contribution in [2.45, 2.75) is 25.0 Å². The van der Waals surface area contributed by atoms with E-state index < -0.39 is 4.92 Å². The van der Waals surface area contributed by atoms with Gasteiger partial charge in [-0.15, -0.1) is 0 Å². The number of aromatic nitrogens is 2. The maximum absolute atomic E-state index is 12.8. The number of thioether (sulfide) groups is 1. The smallest absolute Gasteiger partial charge is 0.269 e. The fourth-order valence-corrected chi connectivity index (χ4v) is 3.88. The average molecular weight is 477 g/mol. The van der Waals surface area contributed by atoms with Crippen molar-refractivity contribution in [2.24, 2.45) is 0 Å². The Balaban J connectivity index is 1.77. The molecule has 0 saturated heterocycles. The summed E-state index contributed by atoms with van der Waals surface area (Å²) < 4.78 is 2.38. The molecule has 10 heteroatoms. The molecule has 1 heterocycles. The summed E-state index contributed by atoms with van der Waals surface area (Å²) in [7, 11) is 0. The highest BCUT2D eigenvalue weighted by Gasteiger charge is 2.14. The molecule has 150 valence electrons. The number of fused-ring (bicyclic) bond motifs is 1. The lowest BCUT2D eigenvalue weighted by molar-refractivity contribution is -0.384. The van der Waals surface area contributed by atoms with Gasteiger partial charge in [-0.2, -0.15) is 0 Å². The number of nitro groups is 1. The summed E-state index contributed by atoms with van der Waals surface area (Å²) in [5.41, 5.74) is 0.844. The number of hydrogen-bond donors (Lipinski definition) is 1. The van der Waals surface area contributed by atoms with Crippen LogP contribution in [0, 0.1) is 10.1 Å². The Morgan fingerprint density at radius 1 is 1.28 bits per heavy atom. The normalized spacial score (nSPS) is 10.8. The quantitative estimate of drug-likeness (QED) is 0.237. The predicted molar refractivity (Wildman–Crippen MR) is 116 cm³/mol. The Hall–Kier alpha value is -2.72. The molecule has 0 saturated carbocycles. The van der Waals surface area contributed by atoms with E-state index in [4.69, 9.17) is 0 Å². The Kier molecular flexibility index (Phi) is 6.65. The fourth-order valence-electron chi connectivity index (χ4n) is 2.70. The standard InChI is InChI=1S/C19H17BrN4O4S/c1-2-9-23-18(26)15-10-12(20)3-8-16(15)22-19(23)29-11-17(25)21-13-4-6-14(7-5-13)24(27)28/h3-8,10H,2,9,11H2,1H3,(H,21,25). The van der Waals surface area contributed by atoms with E-state index in [2.05, 4.69) is 26.2 Å². The van der Waals surface area contributed by atoms with Gasteiger partial charge in [0.05, 0.1) is 21.6 Å². The summed E-state index contributed by atoms with van der Waals surface area (Å²) in [5.74, 6) is -0.244. The van der Waals surface area contributed by atoms with Crippen molar-refractivity contribution in [3.8, 4) is 0 Å². The third kappa shape index (κ3) is 5.01. The number of nitrogens with zero attached hydrogens (tertiary/aromatic N) is 3. The summed E-state index contributed by atoms with van der Waals surface area (Å²) >= 11 is 4.55. The minimum Gasteiger partial charge on any atom is -0.325 e. The van der Waals surface area contributed by atoms with Gasteiger partial charge in [-0.25, -0.2) is 4.98 Å². The molecule has 0 radical (unpaired) electrons. The maximum atomic E-state index is 12.8. The number of hydrogen-bond acceptors (Lipinski definition) is 6. The first-order valence-electron chi connectivity index (χ1n) is 8.76. The van der Waals surface area contributed by atoms with Gasteiger partial charge >= 0.3 is 0 Å². The highest BCUT2D eigenvalue weighted by Crippen LogP contribution is 2.21. The van der Waals surface area contributed by atoms with Gasteiger partial charge in [0.25, 0.3) is 11.2 Å². The minimum absolute atomic E-state index is 0.0482. The third-order valence-electron chi connectivity index (χ3n) is 4.02. The SMILES string of the molecule is CCCn1c(SCC(=O)Nc2ccc([N+](=O)[O-])cc2)nc2ccc(Br)cc2c1=O. The first kappa shape index (κ1) is 21.0. The summed E-state index contributed by atoms with van der Waals surface area (Å²) in [6.45, 7) is 2.47. The molecule has 0 aliphatic heterocycles. The van der Waals surface area contributed by atoms with E-state index in [9.17, 15) is 19.7 Å². The number of amides is 1. The zero-order chi connectivity index (χ0) is 21.0. The first-order valence-corrected chi connectivity index (χ1v) is 10.5. The van der Waals surface area contributed by atoms with Gasteiger partial charge in [0.2, 0.25) is 5.91 Å². The zero-order valence-corrected chi connectivity index (χ0v) is 17.8. The van der Waals surface area contributed by atoms with Crippen LogP contribution in [-0.4, -0.2) is 26.1 Å². The first-order chi connectivity index (χ1) is 13.9. The summed E-state index contributed by atoms with van der Waals surface area (Å²) in [4.78, 5) is 39.9. The number of anilines is 1. The van der Waals surface area contributed by atoms with Crippen molar-refractivity contribution in [3.63, 3.8) is 0 Å². The Morgan fingerprint density at radius 2 is 2.00 bits per heavy atom. The summed E-state index contributed by atoms with van der Waals surface area (Å²) in [6.07, 6.45) is 0.754. The topological polar surface area (TPSA) is 107 Å². The van der Waals surface area contributed by atoms with Crippen molar-refractivity contribution in [1.82, 2.24) is 9.55 Å². The van der Waals surface area contributed by atoms with Gasteiger partial charge in [0.15, 0.2) is 5.16 Å². The molecular formula is C19H17BrN4O4S. The molecule has 0 bridgehead atoms. The third-order valence-corrected chi connectivity index (χ3v) is 5.49. The van der Waals surface area contributed by atoms with Gasteiger partial charge < -0.3 is 5.32 Å². The molecule has 8 nitrogen and oxygen atoms in total. The van der Waals surface area contributed by atoms with E-state index >= 15 is 0 Å². The summed E-state index contributed by atoms with van der Waals surface area (Å²) in [6, 6.07) is 10.9. The molecule has 0 spiro atoms. The molecule has 1 N–H and O–H groups in total. The lowest BCUT2D eigenvalue weighted by atomic mass is 10.2. The fraction of sp³-hybridized carbons (Fsp3) is 0.211. The number of carbonyl (C=O) groups is 1. The van der Waals surface area contributed by atoms with E-state index in [-0.39, 0.29) is 22.9 Å². The molecule has 0 fully saturated rings. The average Bonchev–Trinajstić information content (AvgIpc) is 2.70. The second-order valence-electron chi connectivity index (χ2n) is 6.15. The molecule has 29 heavy (non-hydrogen) atoms. The van der Waals surface area contributed by atoms with E-state index in [1.54, 1.807) is 16.7 Å². The Bertz CT molecular complexity index is 1130. The van der Waals surface area contributed by atoms with Crippen LogP contribution in [0.2, 0.25) is 0 Å². The van der Waals surface area contributed by atoms with Crippen LogP contribution < -0.4 is 10.9 Å². The van der Waals surface area contributed by atoms with Crippen molar-refractivity contribution in [3.05, 3.63) is 67.4 Å². The maximum Gasteiger partial charge on any atom is 0.269 e.